The van der Waals surface area contributed by atoms with E-state index in [2.05, 4.69) is 131 Å². The fourth-order valence-corrected chi connectivity index (χ4v) is 4.76. The van der Waals surface area contributed by atoms with Crippen LogP contribution in [-0.2, 0) is 0 Å². The highest BCUT2D eigenvalue weighted by atomic mass is 14.7. The zero-order valence-electron chi connectivity index (χ0n) is 23.4. The van der Waals surface area contributed by atoms with E-state index in [1.807, 2.05) is 13.0 Å². The Bertz CT molecular complexity index is 1820. The standard InChI is InChI=1S/C37H34N2/c1-7-25(4)12-14-29-16-18-31-20-22-35(39-37(31)27(29)6)33-10-8-9-32(23-33)34-21-19-30-17-15-28(13-11-24(2)3)26(5)36(30)38-34/h7-23H,2H2,1,3-6H3/b13-11-,14-12-,25-7-. The van der Waals surface area contributed by atoms with Gasteiger partial charge in [-0.1, -0.05) is 103 Å². The van der Waals surface area contributed by atoms with Crippen LogP contribution in [0.3, 0.4) is 0 Å². The Morgan fingerprint density at radius 2 is 1.15 bits per heavy atom. The van der Waals surface area contributed by atoms with E-state index in [0.717, 1.165) is 55.5 Å². The van der Waals surface area contributed by atoms with E-state index < -0.39 is 0 Å². The van der Waals surface area contributed by atoms with Crippen molar-refractivity contribution in [2.24, 2.45) is 0 Å². The van der Waals surface area contributed by atoms with Crippen LogP contribution < -0.4 is 0 Å². The van der Waals surface area contributed by atoms with Crippen LogP contribution in [0.25, 0.3) is 56.5 Å². The minimum absolute atomic E-state index is 0.956. The van der Waals surface area contributed by atoms with Gasteiger partial charge in [0.15, 0.2) is 0 Å². The molecule has 2 heteroatoms. The number of nitrogens with zero attached hydrogens (tertiary/aromatic N) is 2. The quantitative estimate of drug-likeness (QED) is 0.214. The second-order valence-electron chi connectivity index (χ2n) is 10.2. The number of allylic oxidation sites excluding steroid dienone is 5. The van der Waals surface area contributed by atoms with Crippen molar-refractivity contribution >= 4 is 34.0 Å². The predicted octanol–water partition coefficient (Wildman–Crippen LogP) is 10.3. The average molecular weight is 507 g/mol. The topological polar surface area (TPSA) is 25.8 Å². The van der Waals surface area contributed by atoms with E-state index >= 15 is 0 Å². The summed E-state index contributed by atoms with van der Waals surface area (Å²) in [7, 11) is 0. The molecule has 0 unspecified atom stereocenters. The highest BCUT2D eigenvalue weighted by Crippen LogP contribution is 2.30. The lowest BCUT2D eigenvalue weighted by molar-refractivity contribution is 1.34. The molecule has 5 rings (SSSR count). The van der Waals surface area contributed by atoms with Crippen molar-refractivity contribution in [2.75, 3.05) is 0 Å². The van der Waals surface area contributed by atoms with Crippen LogP contribution in [0.5, 0.6) is 0 Å². The summed E-state index contributed by atoms with van der Waals surface area (Å²) in [5, 5.41) is 2.29. The Kier molecular flexibility index (Phi) is 7.38. The Labute approximate surface area is 231 Å². The fraction of sp³-hybridized carbons (Fsp3) is 0.135. The lowest BCUT2D eigenvalue weighted by Gasteiger charge is -2.11. The molecule has 0 amide bonds. The van der Waals surface area contributed by atoms with E-state index in [0.29, 0.717) is 0 Å². The fourth-order valence-electron chi connectivity index (χ4n) is 4.76. The number of hydrogen-bond acceptors (Lipinski definition) is 2. The van der Waals surface area contributed by atoms with Crippen LogP contribution in [0.1, 0.15) is 43.0 Å². The number of rotatable bonds is 6. The van der Waals surface area contributed by atoms with Gasteiger partial charge in [-0.25, -0.2) is 9.97 Å². The normalized spacial score (nSPS) is 12.3. The third-order valence-corrected chi connectivity index (χ3v) is 7.30. The summed E-state index contributed by atoms with van der Waals surface area (Å²) in [6.45, 7) is 14.4. The van der Waals surface area contributed by atoms with Crippen molar-refractivity contribution in [2.45, 2.75) is 34.6 Å². The summed E-state index contributed by atoms with van der Waals surface area (Å²) >= 11 is 0. The van der Waals surface area contributed by atoms with Crippen molar-refractivity contribution in [3.63, 3.8) is 0 Å². The second-order valence-corrected chi connectivity index (χ2v) is 10.2. The average Bonchev–Trinajstić information content (AvgIpc) is 2.96. The second kappa shape index (κ2) is 11.0. The number of aromatic nitrogens is 2. The van der Waals surface area contributed by atoms with Crippen molar-refractivity contribution in [1.82, 2.24) is 9.97 Å². The van der Waals surface area contributed by atoms with E-state index in [1.54, 1.807) is 0 Å². The molecule has 0 fully saturated rings. The van der Waals surface area contributed by atoms with Crippen molar-refractivity contribution in [1.29, 1.82) is 0 Å². The Morgan fingerprint density at radius 3 is 1.64 bits per heavy atom. The SMILES string of the molecule is C=C(C)/C=C\c1ccc2ccc(-c3cccc(-c4ccc5ccc(/C=C\C(C)=C/C)c(C)c5n4)c3)nc2c1C. The maximum absolute atomic E-state index is 5.11. The molecule has 0 saturated carbocycles. The molecule has 0 aliphatic rings. The first-order valence-electron chi connectivity index (χ1n) is 13.4. The molecule has 0 spiro atoms. The van der Waals surface area contributed by atoms with E-state index in [1.165, 1.54) is 22.3 Å². The Balaban J connectivity index is 1.54. The van der Waals surface area contributed by atoms with Gasteiger partial charge in [0, 0.05) is 21.9 Å². The van der Waals surface area contributed by atoms with E-state index in [-0.39, 0.29) is 0 Å². The van der Waals surface area contributed by atoms with E-state index in [4.69, 9.17) is 9.97 Å². The van der Waals surface area contributed by atoms with Gasteiger partial charge < -0.3 is 0 Å². The van der Waals surface area contributed by atoms with Gasteiger partial charge in [0.05, 0.1) is 22.4 Å². The monoisotopic (exact) mass is 506 g/mol. The third kappa shape index (κ3) is 5.51. The molecule has 0 N–H and O–H groups in total. The molecule has 0 radical (unpaired) electrons. The molecule has 39 heavy (non-hydrogen) atoms. The molecular weight excluding hydrogens is 472 g/mol. The largest absolute Gasteiger partial charge is 0.247 e. The summed E-state index contributed by atoms with van der Waals surface area (Å²) < 4.78 is 0. The molecule has 2 heterocycles. The summed E-state index contributed by atoms with van der Waals surface area (Å²) in [4.78, 5) is 10.2. The van der Waals surface area contributed by atoms with Gasteiger partial charge in [-0.2, -0.15) is 0 Å². The van der Waals surface area contributed by atoms with Crippen LogP contribution >= 0.6 is 0 Å². The highest BCUT2D eigenvalue weighted by molar-refractivity contribution is 5.89. The number of aryl methyl sites for hydroxylation is 2. The molecule has 0 bridgehead atoms. The number of benzene rings is 3. The van der Waals surface area contributed by atoms with Crippen LogP contribution in [0.4, 0.5) is 0 Å². The van der Waals surface area contributed by atoms with Crippen molar-refractivity contribution in [3.05, 3.63) is 131 Å². The summed E-state index contributed by atoms with van der Waals surface area (Å²) in [6.07, 6.45) is 10.6. The zero-order chi connectivity index (χ0) is 27.5. The lowest BCUT2D eigenvalue weighted by Crippen LogP contribution is -1.92. The molecular formula is C37H34N2. The summed E-state index contributed by atoms with van der Waals surface area (Å²) in [5.41, 5.74) is 13.1. The smallest absolute Gasteiger partial charge is 0.0744 e. The van der Waals surface area contributed by atoms with Gasteiger partial charge in [0.1, 0.15) is 0 Å². The van der Waals surface area contributed by atoms with Gasteiger partial charge in [-0.15, -0.1) is 0 Å². The molecule has 0 atom stereocenters. The first-order valence-corrected chi connectivity index (χ1v) is 13.4. The molecule has 3 aromatic carbocycles. The molecule has 0 saturated heterocycles. The summed E-state index contributed by atoms with van der Waals surface area (Å²) in [6, 6.07) is 25.7. The van der Waals surface area contributed by atoms with Crippen molar-refractivity contribution in [3.8, 4) is 22.5 Å². The Hall–Kier alpha value is -4.56. The zero-order valence-corrected chi connectivity index (χ0v) is 23.4. The first kappa shape index (κ1) is 26.1. The van der Waals surface area contributed by atoms with Gasteiger partial charge in [0.2, 0.25) is 0 Å². The van der Waals surface area contributed by atoms with Crippen molar-refractivity contribution < 1.29 is 0 Å². The number of pyridine rings is 2. The minimum atomic E-state index is 0.956. The first-order chi connectivity index (χ1) is 18.8. The number of hydrogen-bond donors (Lipinski definition) is 0. The van der Waals surface area contributed by atoms with Crippen LogP contribution in [0.2, 0.25) is 0 Å². The van der Waals surface area contributed by atoms with Crippen LogP contribution in [-0.4, -0.2) is 9.97 Å². The molecule has 192 valence electrons. The van der Waals surface area contributed by atoms with Crippen LogP contribution in [0, 0.1) is 13.8 Å². The molecule has 2 aromatic heterocycles. The van der Waals surface area contributed by atoms with Gasteiger partial charge in [-0.05, 0) is 75.1 Å². The van der Waals surface area contributed by atoms with Gasteiger partial charge in [-0.3, -0.25) is 0 Å². The maximum Gasteiger partial charge on any atom is 0.0744 e. The lowest BCUT2D eigenvalue weighted by atomic mass is 10.00. The molecule has 5 aromatic rings. The predicted molar refractivity (Wildman–Crippen MR) is 170 cm³/mol. The minimum Gasteiger partial charge on any atom is -0.247 e. The molecule has 0 aliphatic carbocycles. The summed E-state index contributed by atoms with van der Waals surface area (Å²) in [5.74, 6) is 0. The van der Waals surface area contributed by atoms with E-state index in [9.17, 15) is 0 Å². The molecule has 2 nitrogen and oxygen atoms in total. The Morgan fingerprint density at radius 1 is 0.667 bits per heavy atom. The van der Waals surface area contributed by atoms with Gasteiger partial charge >= 0.3 is 0 Å². The van der Waals surface area contributed by atoms with Crippen LogP contribution in [0.15, 0.2) is 109 Å². The third-order valence-electron chi connectivity index (χ3n) is 7.30. The maximum atomic E-state index is 5.11. The van der Waals surface area contributed by atoms with Gasteiger partial charge in [0.25, 0.3) is 0 Å². The highest BCUT2D eigenvalue weighted by Gasteiger charge is 2.10. The number of fused-ring (bicyclic) bond motifs is 2. The molecule has 0 aliphatic heterocycles.